The minimum atomic E-state index is -0.00368. The molecule has 1 atom stereocenters. The molecule has 0 saturated carbocycles. The van der Waals surface area contributed by atoms with Gasteiger partial charge in [0.2, 0.25) is 0 Å². The van der Waals surface area contributed by atoms with Gasteiger partial charge in [0.25, 0.3) is 0 Å². The first-order valence-electron chi connectivity index (χ1n) is 6.79. The van der Waals surface area contributed by atoms with Crippen LogP contribution in [0.3, 0.4) is 0 Å². The second-order valence-electron chi connectivity index (χ2n) is 4.67. The molecule has 2 rings (SSSR count). The first kappa shape index (κ1) is 14.3. The van der Waals surface area contributed by atoms with E-state index in [2.05, 4.69) is 61.5 Å². The van der Waals surface area contributed by atoms with Crippen LogP contribution in [0.4, 0.5) is 0 Å². The van der Waals surface area contributed by atoms with E-state index in [9.17, 15) is 0 Å². The first-order chi connectivity index (χ1) is 9.81. The molecule has 0 N–H and O–H groups in total. The quantitative estimate of drug-likeness (QED) is 0.688. The normalized spacial score (nSPS) is 13.6. The highest BCUT2D eigenvalue weighted by molar-refractivity contribution is 5.64. The van der Waals surface area contributed by atoms with Crippen LogP contribution in [0, 0.1) is 0 Å². The summed E-state index contributed by atoms with van der Waals surface area (Å²) in [6, 6.07) is 20.6. The largest absolute Gasteiger partial charge is 0.373 e. The smallest absolute Gasteiger partial charge is 0.101 e. The minimum absolute atomic E-state index is 0.00368. The molecular weight excluding hydrogens is 244 g/mol. The average molecular weight is 264 g/mol. The zero-order valence-electron chi connectivity index (χ0n) is 12.0. The molecule has 0 fully saturated rings. The van der Waals surface area contributed by atoms with Crippen molar-refractivity contribution in [2.24, 2.45) is 0 Å². The number of ether oxygens (including phenoxy) is 1. The average Bonchev–Trinajstić information content (AvgIpc) is 2.53. The fourth-order valence-corrected chi connectivity index (χ4v) is 2.07. The molecule has 102 valence electrons. The first-order valence-corrected chi connectivity index (χ1v) is 6.79. The molecule has 0 aliphatic heterocycles. The van der Waals surface area contributed by atoms with Gasteiger partial charge in [0.15, 0.2) is 0 Å². The predicted molar refractivity (Wildman–Crippen MR) is 85.4 cm³/mol. The zero-order chi connectivity index (χ0) is 14.2. The number of hydrogen-bond acceptors (Lipinski definition) is 1. The van der Waals surface area contributed by atoms with E-state index in [0.717, 1.165) is 5.56 Å². The highest BCUT2D eigenvalue weighted by atomic mass is 16.5. The lowest BCUT2D eigenvalue weighted by atomic mass is 10.1. The lowest BCUT2D eigenvalue weighted by Gasteiger charge is -2.10. The van der Waals surface area contributed by atoms with Crippen LogP contribution in [0.1, 0.15) is 24.2 Å². The summed E-state index contributed by atoms with van der Waals surface area (Å²) in [5, 5.41) is 0. The van der Waals surface area contributed by atoms with E-state index in [1.165, 1.54) is 11.1 Å². The summed E-state index contributed by atoms with van der Waals surface area (Å²) >= 11 is 0. The van der Waals surface area contributed by atoms with Crippen LogP contribution in [0.2, 0.25) is 0 Å². The van der Waals surface area contributed by atoms with Gasteiger partial charge in [0, 0.05) is 7.11 Å². The molecule has 0 aliphatic rings. The molecule has 0 spiro atoms. The lowest BCUT2D eigenvalue weighted by molar-refractivity contribution is 0.143. The Kier molecular flexibility index (Phi) is 5.33. The lowest BCUT2D eigenvalue weighted by Crippen LogP contribution is -1.96. The van der Waals surface area contributed by atoms with Gasteiger partial charge in [-0.3, -0.25) is 0 Å². The number of hydrogen-bond donors (Lipinski definition) is 0. The molecule has 2 aromatic carbocycles. The maximum atomic E-state index is 5.51. The van der Waals surface area contributed by atoms with Gasteiger partial charge in [-0.25, -0.2) is 0 Å². The van der Waals surface area contributed by atoms with E-state index in [1.807, 2.05) is 24.3 Å². The highest BCUT2D eigenvalue weighted by Gasteiger charge is 2.04. The van der Waals surface area contributed by atoms with E-state index in [0.29, 0.717) is 0 Å². The molecule has 2 aromatic rings. The van der Waals surface area contributed by atoms with Crippen LogP contribution >= 0.6 is 0 Å². The summed E-state index contributed by atoms with van der Waals surface area (Å²) in [6.07, 6.45) is 6.24. The van der Waals surface area contributed by atoms with E-state index >= 15 is 0 Å². The Balaban J connectivity index is 2.08. The van der Waals surface area contributed by atoms with Gasteiger partial charge in [-0.15, -0.1) is 0 Å². The van der Waals surface area contributed by atoms with Crippen molar-refractivity contribution >= 4 is 5.57 Å². The van der Waals surface area contributed by atoms with E-state index < -0.39 is 0 Å². The molecular formula is C19H20O. The molecule has 0 saturated heterocycles. The summed E-state index contributed by atoms with van der Waals surface area (Å²) in [5.41, 5.74) is 3.65. The van der Waals surface area contributed by atoms with Crippen molar-refractivity contribution in [3.63, 3.8) is 0 Å². The summed E-state index contributed by atoms with van der Waals surface area (Å²) in [7, 11) is 1.73. The van der Waals surface area contributed by atoms with Gasteiger partial charge < -0.3 is 4.74 Å². The standard InChI is InChI=1S/C19H20O/c1-16(17-11-5-3-6-12-17)10-9-15-19(20-2)18-13-7-4-8-14-18/h3-15,19H,1-2H3/b15-9+,16-10+. The van der Waals surface area contributed by atoms with Crippen molar-refractivity contribution in [3.8, 4) is 0 Å². The Hall–Kier alpha value is -2.12. The van der Waals surface area contributed by atoms with Crippen LogP contribution < -0.4 is 0 Å². The topological polar surface area (TPSA) is 9.23 Å². The van der Waals surface area contributed by atoms with Gasteiger partial charge in [0.1, 0.15) is 6.10 Å². The van der Waals surface area contributed by atoms with Crippen molar-refractivity contribution in [1.82, 2.24) is 0 Å². The third-order valence-electron chi connectivity index (χ3n) is 3.24. The molecule has 0 heterocycles. The number of rotatable bonds is 5. The summed E-state index contributed by atoms with van der Waals surface area (Å²) < 4.78 is 5.51. The van der Waals surface area contributed by atoms with Gasteiger partial charge in [-0.2, -0.15) is 0 Å². The zero-order valence-corrected chi connectivity index (χ0v) is 12.0. The Morgan fingerprint density at radius 2 is 1.55 bits per heavy atom. The van der Waals surface area contributed by atoms with Crippen LogP contribution in [-0.2, 0) is 4.74 Å². The van der Waals surface area contributed by atoms with Gasteiger partial charge >= 0.3 is 0 Å². The predicted octanol–water partition coefficient (Wildman–Crippen LogP) is 5.03. The van der Waals surface area contributed by atoms with E-state index in [4.69, 9.17) is 4.74 Å². The number of benzene rings is 2. The van der Waals surface area contributed by atoms with Crippen LogP contribution in [0.5, 0.6) is 0 Å². The van der Waals surface area contributed by atoms with Crippen LogP contribution in [0.25, 0.3) is 5.57 Å². The Labute approximate surface area is 121 Å². The molecule has 0 radical (unpaired) electrons. The Bertz CT molecular complexity index is 567. The molecule has 1 heteroatoms. The SMILES string of the molecule is COC(/C=C/C=C(\C)c1ccccc1)c1ccccc1. The Morgan fingerprint density at radius 1 is 0.950 bits per heavy atom. The fourth-order valence-electron chi connectivity index (χ4n) is 2.07. The Morgan fingerprint density at radius 3 is 2.15 bits per heavy atom. The number of allylic oxidation sites excluding steroid dienone is 3. The number of methoxy groups -OCH3 is 1. The van der Waals surface area contributed by atoms with Crippen molar-refractivity contribution < 1.29 is 4.74 Å². The third-order valence-corrected chi connectivity index (χ3v) is 3.24. The molecule has 20 heavy (non-hydrogen) atoms. The highest BCUT2D eigenvalue weighted by Crippen LogP contribution is 2.18. The van der Waals surface area contributed by atoms with Crippen molar-refractivity contribution in [1.29, 1.82) is 0 Å². The molecule has 1 nitrogen and oxygen atoms in total. The maximum absolute atomic E-state index is 5.51. The maximum Gasteiger partial charge on any atom is 0.101 e. The summed E-state index contributed by atoms with van der Waals surface area (Å²) in [6.45, 7) is 2.12. The van der Waals surface area contributed by atoms with Crippen LogP contribution in [-0.4, -0.2) is 7.11 Å². The third kappa shape index (κ3) is 3.94. The second kappa shape index (κ2) is 7.46. The molecule has 1 unspecified atom stereocenters. The fraction of sp³-hybridized carbons (Fsp3) is 0.158. The summed E-state index contributed by atoms with van der Waals surface area (Å²) in [4.78, 5) is 0. The van der Waals surface area contributed by atoms with E-state index in [-0.39, 0.29) is 6.10 Å². The minimum Gasteiger partial charge on any atom is -0.373 e. The van der Waals surface area contributed by atoms with E-state index in [1.54, 1.807) is 7.11 Å². The monoisotopic (exact) mass is 264 g/mol. The van der Waals surface area contributed by atoms with Gasteiger partial charge in [0.05, 0.1) is 0 Å². The molecule has 0 aliphatic carbocycles. The molecule has 0 aromatic heterocycles. The van der Waals surface area contributed by atoms with Gasteiger partial charge in [-0.1, -0.05) is 78.9 Å². The molecule has 0 amide bonds. The second-order valence-corrected chi connectivity index (χ2v) is 4.67. The van der Waals surface area contributed by atoms with Crippen LogP contribution in [0.15, 0.2) is 78.9 Å². The van der Waals surface area contributed by atoms with Crippen molar-refractivity contribution in [2.45, 2.75) is 13.0 Å². The van der Waals surface area contributed by atoms with Gasteiger partial charge in [-0.05, 0) is 23.6 Å². The van der Waals surface area contributed by atoms with Crippen molar-refractivity contribution in [3.05, 3.63) is 90.0 Å². The summed E-state index contributed by atoms with van der Waals surface area (Å²) in [5.74, 6) is 0. The van der Waals surface area contributed by atoms with Crippen molar-refractivity contribution in [2.75, 3.05) is 7.11 Å². The molecule has 0 bridgehead atoms.